The molecule has 0 spiro atoms. The van der Waals surface area contributed by atoms with Crippen LogP contribution in [0.3, 0.4) is 0 Å². The number of anilines is 1. The summed E-state index contributed by atoms with van der Waals surface area (Å²) in [6.07, 6.45) is 1.38. The number of para-hydroxylation sites is 1. The third-order valence-electron chi connectivity index (χ3n) is 4.86. The van der Waals surface area contributed by atoms with Crippen LogP contribution in [0.2, 0.25) is 0 Å². The molecule has 1 atom stereocenters. The van der Waals surface area contributed by atoms with Crippen LogP contribution in [0, 0.1) is 0 Å². The Morgan fingerprint density at radius 1 is 1.07 bits per heavy atom. The largest absolute Gasteiger partial charge is 0.356 e. The number of nitrogens with one attached hydrogen (secondary N) is 1. The van der Waals surface area contributed by atoms with Crippen LogP contribution in [-0.2, 0) is 9.59 Å². The van der Waals surface area contributed by atoms with Crippen LogP contribution in [0.15, 0.2) is 59.5 Å². The zero-order valence-electron chi connectivity index (χ0n) is 15.7. The Morgan fingerprint density at radius 3 is 2.63 bits per heavy atom. The molecule has 1 aliphatic heterocycles. The molecule has 0 saturated carbocycles. The normalized spacial score (nSPS) is 14.3. The summed E-state index contributed by atoms with van der Waals surface area (Å²) in [6.45, 7) is 3.50. The zero-order valence-corrected chi connectivity index (χ0v) is 16.5. The molecule has 0 aliphatic carbocycles. The number of benzene rings is 2. The Morgan fingerprint density at radius 2 is 1.81 bits per heavy atom. The molecule has 2 amide bonds. The first-order valence-corrected chi connectivity index (χ1v) is 10.5. The van der Waals surface area contributed by atoms with Gasteiger partial charge in [-0.2, -0.15) is 0 Å². The van der Waals surface area contributed by atoms with E-state index in [1.165, 1.54) is 5.56 Å². The third-order valence-corrected chi connectivity index (χ3v) is 5.91. The standard InChI is InChI=1S/C22H26N2O2S/c1-17(18-7-3-2-4-8-18)13-14-23-21(25)11-12-22(26)24-15-16-27-20-10-6-5-9-19(20)24/h2-10,17H,11-16H2,1H3,(H,23,25). The van der Waals surface area contributed by atoms with Crippen molar-refractivity contribution in [1.29, 1.82) is 0 Å². The van der Waals surface area contributed by atoms with Gasteiger partial charge >= 0.3 is 0 Å². The molecule has 1 aliphatic rings. The van der Waals surface area contributed by atoms with Gasteiger partial charge < -0.3 is 10.2 Å². The van der Waals surface area contributed by atoms with E-state index >= 15 is 0 Å². The Balaban J connectivity index is 1.41. The van der Waals surface area contributed by atoms with Crippen molar-refractivity contribution in [3.05, 3.63) is 60.2 Å². The lowest BCUT2D eigenvalue weighted by Crippen LogP contribution is -2.36. The van der Waals surface area contributed by atoms with E-state index in [1.54, 1.807) is 11.8 Å². The van der Waals surface area contributed by atoms with Gasteiger partial charge in [0.2, 0.25) is 11.8 Å². The van der Waals surface area contributed by atoms with Gasteiger partial charge in [-0.05, 0) is 30.0 Å². The number of rotatable bonds is 7. The minimum Gasteiger partial charge on any atom is -0.356 e. The summed E-state index contributed by atoms with van der Waals surface area (Å²) in [5.74, 6) is 1.26. The molecule has 1 unspecified atom stereocenters. The summed E-state index contributed by atoms with van der Waals surface area (Å²) in [6, 6.07) is 18.3. The molecule has 2 aromatic carbocycles. The first-order valence-electron chi connectivity index (χ1n) is 9.49. The summed E-state index contributed by atoms with van der Waals surface area (Å²) in [5.41, 5.74) is 2.25. The van der Waals surface area contributed by atoms with Gasteiger partial charge in [0.15, 0.2) is 0 Å². The second kappa shape index (κ2) is 9.60. The molecular formula is C22H26N2O2S. The maximum Gasteiger partial charge on any atom is 0.227 e. The predicted molar refractivity (Wildman–Crippen MR) is 111 cm³/mol. The molecule has 0 fully saturated rings. The van der Waals surface area contributed by atoms with Gasteiger partial charge in [-0.15, -0.1) is 11.8 Å². The molecule has 0 aromatic heterocycles. The third kappa shape index (κ3) is 5.36. The molecule has 2 aromatic rings. The maximum absolute atomic E-state index is 12.6. The van der Waals surface area contributed by atoms with E-state index in [4.69, 9.17) is 0 Å². The fraction of sp³-hybridized carbons (Fsp3) is 0.364. The van der Waals surface area contributed by atoms with Crippen LogP contribution in [-0.4, -0.2) is 30.7 Å². The highest BCUT2D eigenvalue weighted by Crippen LogP contribution is 2.34. The lowest BCUT2D eigenvalue weighted by molar-refractivity contribution is -0.125. The van der Waals surface area contributed by atoms with Crippen LogP contribution < -0.4 is 10.2 Å². The molecular weight excluding hydrogens is 356 g/mol. The smallest absolute Gasteiger partial charge is 0.227 e. The maximum atomic E-state index is 12.6. The number of fused-ring (bicyclic) bond motifs is 1. The van der Waals surface area contributed by atoms with Gasteiger partial charge in [-0.25, -0.2) is 0 Å². The quantitative estimate of drug-likeness (QED) is 0.780. The van der Waals surface area contributed by atoms with Crippen LogP contribution >= 0.6 is 11.8 Å². The number of nitrogens with zero attached hydrogens (tertiary/aromatic N) is 1. The van der Waals surface area contributed by atoms with Crippen molar-refractivity contribution in [2.24, 2.45) is 0 Å². The molecule has 0 saturated heterocycles. The van der Waals surface area contributed by atoms with Crippen molar-refractivity contribution >= 4 is 29.3 Å². The summed E-state index contributed by atoms with van der Waals surface area (Å²) in [5, 5.41) is 2.95. The second-order valence-electron chi connectivity index (χ2n) is 6.81. The van der Waals surface area contributed by atoms with E-state index in [0.29, 0.717) is 19.0 Å². The highest BCUT2D eigenvalue weighted by atomic mass is 32.2. The van der Waals surface area contributed by atoms with E-state index in [-0.39, 0.29) is 24.7 Å². The molecule has 1 heterocycles. The molecule has 1 N–H and O–H groups in total. The van der Waals surface area contributed by atoms with E-state index in [1.807, 2.05) is 47.4 Å². The first kappa shape index (κ1) is 19.5. The molecule has 142 valence electrons. The van der Waals surface area contributed by atoms with Crippen LogP contribution in [0.4, 0.5) is 5.69 Å². The zero-order chi connectivity index (χ0) is 19.1. The minimum absolute atomic E-state index is 0.0237. The van der Waals surface area contributed by atoms with Crippen molar-refractivity contribution in [3.63, 3.8) is 0 Å². The SMILES string of the molecule is CC(CCNC(=O)CCC(=O)N1CCSc2ccccc21)c1ccccc1. The van der Waals surface area contributed by atoms with Crippen LogP contribution in [0.1, 0.15) is 37.7 Å². The Kier molecular flexibility index (Phi) is 6.93. The minimum atomic E-state index is -0.0525. The highest BCUT2D eigenvalue weighted by molar-refractivity contribution is 7.99. The van der Waals surface area contributed by atoms with Crippen molar-refractivity contribution < 1.29 is 9.59 Å². The van der Waals surface area contributed by atoms with Crippen molar-refractivity contribution in [2.75, 3.05) is 23.7 Å². The summed E-state index contributed by atoms with van der Waals surface area (Å²) < 4.78 is 0. The fourth-order valence-electron chi connectivity index (χ4n) is 3.25. The Bertz CT molecular complexity index is 779. The molecule has 0 bridgehead atoms. The lowest BCUT2D eigenvalue weighted by Gasteiger charge is -2.29. The first-order chi connectivity index (χ1) is 13.1. The van der Waals surface area contributed by atoms with Gasteiger partial charge in [0.25, 0.3) is 0 Å². The number of carbonyl (C=O) groups is 2. The molecule has 3 rings (SSSR count). The monoisotopic (exact) mass is 382 g/mol. The van der Waals surface area contributed by atoms with Crippen molar-refractivity contribution in [3.8, 4) is 0 Å². The van der Waals surface area contributed by atoms with Crippen molar-refractivity contribution in [1.82, 2.24) is 5.32 Å². The van der Waals surface area contributed by atoms with Crippen LogP contribution in [0.25, 0.3) is 0 Å². The number of hydrogen-bond donors (Lipinski definition) is 1. The topological polar surface area (TPSA) is 49.4 Å². The Labute approximate surface area is 165 Å². The van der Waals surface area contributed by atoms with Crippen LogP contribution in [0.5, 0.6) is 0 Å². The van der Waals surface area contributed by atoms with E-state index < -0.39 is 0 Å². The van der Waals surface area contributed by atoms with Gasteiger partial charge in [0.1, 0.15) is 0 Å². The average Bonchev–Trinajstić information content (AvgIpc) is 2.72. The van der Waals surface area contributed by atoms with E-state index in [0.717, 1.165) is 22.8 Å². The van der Waals surface area contributed by atoms with Gasteiger partial charge in [-0.1, -0.05) is 49.4 Å². The van der Waals surface area contributed by atoms with Gasteiger partial charge in [-0.3, -0.25) is 9.59 Å². The highest BCUT2D eigenvalue weighted by Gasteiger charge is 2.22. The molecule has 4 nitrogen and oxygen atoms in total. The number of thioether (sulfide) groups is 1. The average molecular weight is 383 g/mol. The summed E-state index contributed by atoms with van der Waals surface area (Å²) in [7, 11) is 0. The lowest BCUT2D eigenvalue weighted by atomic mass is 9.98. The van der Waals surface area contributed by atoms with E-state index in [2.05, 4.69) is 24.4 Å². The number of amides is 2. The summed E-state index contributed by atoms with van der Waals surface area (Å²) >= 11 is 1.77. The molecule has 0 radical (unpaired) electrons. The fourth-order valence-corrected chi connectivity index (χ4v) is 4.24. The Hall–Kier alpha value is -2.27. The predicted octanol–water partition coefficient (Wildman–Crippen LogP) is 4.22. The van der Waals surface area contributed by atoms with E-state index in [9.17, 15) is 9.59 Å². The van der Waals surface area contributed by atoms with Crippen molar-refractivity contribution in [2.45, 2.75) is 37.0 Å². The molecule has 27 heavy (non-hydrogen) atoms. The molecule has 5 heteroatoms. The van der Waals surface area contributed by atoms with Gasteiger partial charge in [0.05, 0.1) is 5.69 Å². The number of hydrogen-bond acceptors (Lipinski definition) is 3. The number of carbonyl (C=O) groups excluding carboxylic acids is 2. The second-order valence-corrected chi connectivity index (χ2v) is 7.95. The van der Waals surface area contributed by atoms with Gasteiger partial charge in [0, 0.05) is 36.6 Å². The summed E-state index contributed by atoms with van der Waals surface area (Å²) in [4.78, 5) is 27.6.